The van der Waals surface area contributed by atoms with E-state index in [1.807, 2.05) is 11.8 Å². The van der Waals surface area contributed by atoms with Gasteiger partial charge in [0.15, 0.2) is 0 Å². The maximum atomic E-state index is 12.5. The van der Waals surface area contributed by atoms with E-state index in [9.17, 15) is 4.79 Å². The van der Waals surface area contributed by atoms with Crippen molar-refractivity contribution in [3.8, 4) is 0 Å². The molecular weight excluding hydrogens is 238 g/mol. The highest BCUT2D eigenvalue weighted by atomic mass is 16.3. The zero-order valence-corrected chi connectivity index (χ0v) is 12.6. The molecule has 1 amide bonds. The molecule has 0 aromatic carbocycles. The molecule has 0 unspecified atom stereocenters. The topological polar surface area (TPSA) is 33.5 Å². The minimum Gasteiger partial charge on any atom is -0.469 e. The molecule has 19 heavy (non-hydrogen) atoms. The highest BCUT2D eigenvalue weighted by molar-refractivity contribution is 5.95. The van der Waals surface area contributed by atoms with E-state index >= 15 is 0 Å². The Labute approximate surface area is 117 Å². The van der Waals surface area contributed by atoms with Gasteiger partial charge in [0.25, 0.3) is 5.91 Å². The molecular formula is C16H27NO2. The summed E-state index contributed by atoms with van der Waals surface area (Å²) in [5, 5.41) is 0. The van der Waals surface area contributed by atoms with Gasteiger partial charge in [-0.1, -0.05) is 39.5 Å². The minimum absolute atomic E-state index is 0.124. The van der Waals surface area contributed by atoms with Crippen LogP contribution in [0.5, 0.6) is 0 Å². The summed E-state index contributed by atoms with van der Waals surface area (Å²) in [7, 11) is 0. The molecule has 0 spiro atoms. The molecule has 108 valence electrons. The number of rotatable bonds is 9. The minimum atomic E-state index is 0.124. The zero-order valence-electron chi connectivity index (χ0n) is 12.6. The number of nitrogens with zero attached hydrogens (tertiary/aromatic N) is 1. The monoisotopic (exact) mass is 265 g/mol. The Bertz CT molecular complexity index is 361. The molecule has 0 N–H and O–H groups in total. The van der Waals surface area contributed by atoms with Gasteiger partial charge in [-0.15, -0.1) is 0 Å². The van der Waals surface area contributed by atoms with Crippen LogP contribution in [0.15, 0.2) is 16.7 Å². The predicted molar refractivity (Wildman–Crippen MR) is 78.4 cm³/mol. The Morgan fingerprint density at radius 1 is 1.11 bits per heavy atom. The highest BCUT2D eigenvalue weighted by Crippen LogP contribution is 2.14. The van der Waals surface area contributed by atoms with Gasteiger partial charge in [-0.25, -0.2) is 0 Å². The molecule has 0 saturated carbocycles. The fraction of sp³-hybridized carbons (Fsp3) is 0.688. The summed E-state index contributed by atoms with van der Waals surface area (Å²) in [4.78, 5) is 14.5. The lowest BCUT2D eigenvalue weighted by Crippen LogP contribution is -2.33. The third-order valence-electron chi connectivity index (χ3n) is 3.44. The molecule has 1 heterocycles. The van der Waals surface area contributed by atoms with E-state index in [4.69, 9.17) is 4.42 Å². The van der Waals surface area contributed by atoms with Crippen LogP contribution in [0.4, 0.5) is 0 Å². The second-order valence-electron chi connectivity index (χ2n) is 5.10. The van der Waals surface area contributed by atoms with Gasteiger partial charge in [0.1, 0.15) is 5.76 Å². The summed E-state index contributed by atoms with van der Waals surface area (Å²) in [6, 6.07) is 1.78. The van der Waals surface area contributed by atoms with E-state index in [1.165, 1.54) is 25.7 Å². The molecule has 3 heteroatoms. The Balaban J connectivity index is 2.60. The summed E-state index contributed by atoms with van der Waals surface area (Å²) < 4.78 is 5.24. The molecule has 0 aliphatic carbocycles. The van der Waals surface area contributed by atoms with Gasteiger partial charge in [-0.3, -0.25) is 4.79 Å². The SMILES string of the molecule is CCCCCN(CCCCC)C(=O)c1ccoc1C. The van der Waals surface area contributed by atoms with Gasteiger partial charge in [0.2, 0.25) is 0 Å². The third-order valence-corrected chi connectivity index (χ3v) is 3.44. The van der Waals surface area contributed by atoms with Crippen molar-refractivity contribution in [2.24, 2.45) is 0 Å². The smallest absolute Gasteiger partial charge is 0.257 e. The van der Waals surface area contributed by atoms with Gasteiger partial charge in [-0.2, -0.15) is 0 Å². The molecule has 3 nitrogen and oxygen atoms in total. The number of carbonyl (C=O) groups is 1. The summed E-state index contributed by atoms with van der Waals surface area (Å²) in [6.07, 6.45) is 8.50. The second kappa shape index (κ2) is 8.78. The van der Waals surface area contributed by atoms with E-state index in [0.717, 1.165) is 31.7 Å². The average molecular weight is 265 g/mol. The van der Waals surface area contributed by atoms with Gasteiger partial charge in [-0.05, 0) is 25.8 Å². The van der Waals surface area contributed by atoms with Gasteiger partial charge in [0, 0.05) is 13.1 Å². The molecule has 1 aromatic heterocycles. The van der Waals surface area contributed by atoms with E-state index < -0.39 is 0 Å². The maximum Gasteiger partial charge on any atom is 0.257 e. The fourth-order valence-corrected chi connectivity index (χ4v) is 2.20. The first-order valence-corrected chi connectivity index (χ1v) is 7.54. The van der Waals surface area contributed by atoms with Crippen LogP contribution in [-0.2, 0) is 0 Å². The van der Waals surface area contributed by atoms with Gasteiger partial charge < -0.3 is 9.32 Å². The van der Waals surface area contributed by atoms with Crippen LogP contribution in [0.1, 0.15) is 68.5 Å². The summed E-state index contributed by atoms with van der Waals surface area (Å²) in [6.45, 7) is 7.94. The van der Waals surface area contributed by atoms with Crippen molar-refractivity contribution in [1.29, 1.82) is 0 Å². The van der Waals surface area contributed by atoms with Crippen LogP contribution in [0.2, 0.25) is 0 Å². The summed E-state index contributed by atoms with van der Waals surface area (Å²) in [5.41, 5.74) is 0.716. The van der Waals surface area contributed by atoms with E-state index in [2.05, 4.69) is 13.8 Å². The van der Waals surface area contributed by atoms with Crippen molar-refractivity contribution in [2.45, 2.75) is 59.3 Å². The van der Waals surface area contributed by atoms with Crippen molar-refractivity contribution in [3.63, 3.8) is 0 Å². The third kappa shape index (κ3) is 5.09. The average Bonchev–Trinajstić information content (AvgIpc) is 2.83. The van der Waals surface area contributed by atoms with Crippen molar-refractivity contribution in [1.82, 2.24) is 4.90 Å². The van der Waals surface area contributed by atoms with Crippen molar-refractivity contribution in [2.75, 3.05) is 13.1 Å². The first-order valence-electron chi connectivity index (χ1n) is 7.54. The van der Waals surface area contributed by atoms with Crippen molar-refractivity contribution in [3.05, 3.63) is 23.7 Å². The first kappa shape index (κ1) is 15.8. The summed E-state index contributed by atoms with van der Waals surface area (Å²) >= 11 is 0. The van der Waals surface area contributed by atoms with Crippen LogP contribution < -0.4 is 0 Å². The van der Waals surface area contributed by atoms with Crippen LogP contribution in [0.3, 0.4) is 0 Å². The number of carbonyl (C=O) groups excluding carboxylic acids is 1. The Hall–Kier alpha value is -1.25. The summed E-state index contributed by atoms with van der Waals surface area (Å²) in [5.74, 6) is 0.847. The fourth-order valence-electron chi connectivity index (χ4n) is 2.20. The molecule has 0 saturated heterocycles. The largest absolute Gasteiger partial charge is 0.469 e. The number of hydrogen-bond donors (Lipinski definition) is 0. The highest BCUT2D eigenvalue weighted by Gasteiger charge is 2.18. The number of aryl methyl sites for hydroxylation is 1. The molecule has 0 atom stereocenters. The normalized spacial score (nSPS) is 10.7. The van der Waals surface area contributed by atoms with E-state index in [1.54, 1.807) is 12.3 Å². The maximum absolute atomic E-state index is 12.5. The number of amides is 1. The number of furan rings is 1. The molecule has 0 bridgehead atoms. The van der Waals surface area contributed by atoms with Crippen molar-refractivity contribution >= 4 is 5.91 Å². The van der Waals surface area contributed by atoms with Crippen LogP contribution in [0.25, 0.3) is 0 Å². The predicted octanol–water partition coefficient (Wildman–Crippen LogP) is 4.41. The zero-order chi connectivity index (χ0) is 14.1. The lowest BCUT2D eigenvalue weighted by atomic mass is 10.1. The van der Waals surface area contributed by atoms with Gasteiger partial charge in [0.05, 0.1) is 11.8 Å². The number of unbranched alkanes of at least 4 members (excludes halogenated alkanes) is 4. The van der Waals surface area contributed by atoms with Gasteiger partial charge >= 0.3 is 0 Å². The Morgan fingerprint density at radius 3 is 2.11 bits per heavy atom. The van der Waals surface area contributed by atoms with Crippen LogP contribution in [-0.4, -0.2) is 23.9 Å². The Morgan fingerprint density at radius 2 is 1.68 bits per heavy atom. The first-order chi connectivity index (χ1) is 9.20. The molecule has 0 radical (unpaired) electrons. The number of hydrogen-bond acceptors (Lipinski definition) is 2. The van der Waals surface area contributed by atoms with E-state index in [-0.39, 0.29) is 5.91 Å². The second-order valence-corrected chi connectivity index (χ2v) is 5.10. The lowest BCUT2D eigenvalue weighted by Gasteiger charge is -2.22. The quantitative estimate of drug-likeness (QED) is 0.620. The van der Waals surface area contributed by atoms with Crippen LogP contribution in [0, 0.1) is 6.92 Å². The molecule has 0 aliphatic rings. The lowest BCUT2D eigenvalue weighted by molar-refractivity contribution is 0.0748. The molecule has 1 aromatic rings. The van der Waals surface area contributed by atoms with E-state index in [0.29, 0.717) is 5.56 Å². The Kier molecular flexibility index (Phi) is 7.31. The molecule has 0 fully saturated rings. The van der Waals surface area contributed by atoms with Crippen LogP contribution >= 0.6 is 0 Å². The van der Waals surface area contributed by atoms with Crippen molar-refractivity contribution < 1.29 is 9.21 Å². The standard InChI is InChI=1S/C16H27NO2/c1-4-6-8-11-17(12-9-7-5-2)16(18)15-10-13-19-14(15)3/h10,13H,4-9,11-12H2,1-3H3. The molecule has 0 aliphatic heterocycles. The molecule has 1 rings (SSSR count).